The molecule has 0 saturated carbocycles. The zero-order valence-electron chi connectivity index (χ0n) is 15.1. The summed E-state index contributed by atoms with van der Waals surface area (Å²) in [7, 11) is 0. The predicted molar refractivity (Wildman–Crippen MR) is 104 cm³/mol. The Labute approximate surface area is 168 Å². The van der Waals surface area contributed by atoms with Crippen LogP contribution in [0.1, 0.15) is 16.9 Å². The standard InChI is InChI=1S/C20H17F3N2O3S/c21-20(22,23)28-17-8-2-1-7-15(17)13-5-3-6-14(11-13)19-25-16(12-29-19)18(27)24-9-4-10-26/h1-3,5-8,11-12,26H,4,9-10H2,(H,24,27). The number of carbonyl (C=O) groups excluding carboxylic acids is 1. The molecule has 5 nitrogen and oxygen atoms in total. The van der Waals surface area contributed by atoms with Crippen LogP contribution in [-0.2, 0) is 0 Å². The number of benzene rings is 2. The van der Waals surface area contributed by atoms with Crippen LogP contribution in [0.25, 0.3) is 21.7 Å². The van der Waals surface area contributed by atoms with E-state index in [9.17, 15) is 18.0 Å². The molecule has 0 aliphatic rings. The average molecular weight is 422 g/mol. The lowest BCUT2D eigenvalue weighted by molar-refractivity contribution is -0.274. The van der Waals surface area contributed by atoms with Gasteiger partial charge in [-0.25, -0.2) is 4.98 Å². The molecule has 3 aromatic rings. The predicted octanol–water partition coefficient (Wildman–Crippen LogP) is 4.49. The van der Waals surface area contributed by atoms with Crippen molar-refractivity contribution >= 4 is 17.2 Å². The van der Waals surface area contributed by atoms with Crippen LogP contribution in [0.2, 0.25) is 0 Å². The quantitative estimate of drug-likeness (QED) is 0.551. The molecule has 0 atom stereocenters. The van der Waals surface area contributed by atoms with Crippen LogP contribution in [0.5, 0.6) is 5.75 Å². The molecule has 0 aliphatic carbocycles. The summed E-state index contributed by atoms with van der Waals surface area (Å²) in [4.78, 5) is 16.4. The molecule has 152 valence electrons. The van der Waals surface area contributed by atoms with Gasteiger partial charge in [-0.2, -0.15) is 0 Å². The maximum absolute atomic E-state index is 12.7. The SMILES string of the molecule is O=C(NCCCO)c1csc(-c2cccc(-c3ccccc3OC(F)(F)F)c2)n1. The van der Waals surface area contributed by atoms with Gasteiger partial charge < -0.3 is 15.2 Å². The van der Waals surface area contributed by atoms with Crippen molar-refractivity contribution in [2.45, 2.75) is 12.8 Å². The van der Waals surface area contributed by atoms with Gasteiger partial charge in [-0.15, -0.1) is 24.5 Å². The highest BCUT2D eigenvalue weighted by Crippen LogP contribution is 2.35. The molecule has 2 aromatic carbocycles. The van der Waals surface area contributed by atoms with Gasteiger partial charge in [0.05, 0.1) is 0 Å². The Kier molecular flexibility index (Phi) is 6.50. The minimum atomic E-state index is -4.79. The van der Waals surface area contributed by atoms with Crippen molar-refractivity contribution in [2.75, 3.05) is 13.2 Å². The van der Waals surface area contributed by atoms with E-state index in [1.807, 2.05) is 0 Å². The van der Waals surface area contributed by atoms with Crippen molar-refractivity contribution in [1.29, 1.82) is 0 Å². The fourth-order valence-electron chi connectivity index (χ4n) is 2.62. The van der Waals surface area contributed by atoms with E-state index in [-0.39, 0.29) is 24.0 Å². The molecular formula is C20H17F3N2O3S. The number of thiazole rings is 1. The zero-order chi connectivity index (χ0) is 20.9. The van der Waals surface area contributed by atoms with E-state index in [1.54, 1.807) is 41.8 Å². The minimum Gasteiger partial charge on any atom is -0.405 e. The normalized spacial score (nSPS) is 11.3. The molecule has 3 rings (SSSR count). The average Bonchev–Trinajstić information content (AvgIpc) is 3.18. The zero-order valence-corrected chi connectivity index (χ0v) is 15.9. The van der Waals surface area contributed by atoms with Gasteiger partial charge >= 0.3 is 6.36 Å². The Hall–Kier alpha value is -2.91. The van der Waals surface area contributed by atoms with Crippen LogP contribution in [-0.4, -0.2) is 35.5 Å². The third-order valence-corrected chi connectivity index (χ3v) is 4.78. The number of aliphatic hydroxyl groups excluding tert-OH is 1. The number of aliphatic hydroxyl groups is 1. The Morgan fingerprint density at radius 2 is 1.90 bits per heavy atom. The molecule has 29 heavy (non-hydrogen) atoms. The molecule has 0 saturated heterocycles. The second-order valence-electron chi connectivity index (χ2n) is 6.00. The summed E-state index contributed by atoms with van der Waals surface area (Å²) in [5, 5.41) is 13.6. The number of nitrogens with one attached hydrogen (secondary N) is 1. The Bertz CT molecular complexity index is 989. The highest BCUT2D eigenvalue weighted by atomic mass is 32.1. The van der Waals surface area contributed by atoms with Crippen LogP contribution in [0.4, 0.5) is 13.2 Å². The molecule has 1 amide bonds. The molecule has 1 heterocycles. The first kappa shape index (κ1) is 20.8. The van der Waals surface area contributed by atoms with Gasteiger partial charge in [0.15, 0.2) is 0 Å². The summed E-state index contributed by atoms with van der Waals surface area (Å²) >= 11 is 1.26. The summed E-state index contributed by atoms with van der Waals surface area (Å²) in [5.74, 6) is -0.638. The van der Waals surface area contributed by atoms with Gasteiger partial charge in [-0.3, -0.25) is 4.79 Å². The van der Waals surface area contributed by atoms with Crippen molar-refractivity contribution in [2.24, 2.45) is 0 Å². The second kappa shape index (κ2) is 9.06. The number of amides is 1. The van der Waals surface area contributed by atoms with Crippen LogP contribution in [0.15, 0.2) is 53.9 Å². The molecule has 0 fully saturated rings. The number of hydrogen-bond acceptors (Lipinski definition) is 5. The monoisotopic (exact) mass is 422 g/mol. The summed E-state index contributed by atoms with van der Waals surface area (Å²) in [6.45, 7) is 0.322. The summed E-state index contributed by atoms with van der Waals surface area (Å²) in [6.07, 6.45) is -4.34. The number of alkyl halides is 3. The van der Waals surface area contributed by atoms with Crippen LogP contribution in [0.3, 0.4) is 0 Å². The molecule has 0 spiro atoms. The molecule has 9 heteroatoms. The van der Waals surface area contributed by atoms with E-state index in [0.717, 1.165) is 0 Å². The minimum absolute atomic E-state index is 0.0189. The molecule has 0 aliphatic heterocycles. The van der Waals surface area contributed by atoms with Crippen LogP contribution >= 0.6 is 11.3 Å². The van der Waals surface area contributed by atoms with Crippen molar-refractivity contribution in [1.82, 2.24) is 10.3 Å². The van der Waals surface area contributed by atoms with E-state index in [4.69, 9.17) is 5.11 Å². The smallest absolute Gasteiger partial charge is 0.405 e. The van der Waals surface area contributed by atoms with Crippen LogP contribution in [0, 0.1) is 0 Å². The number of para-hydroxylation sites is 1. The number of halogens is 3. The number of carbonyl (C=O) groups is 1. The fourth-order valence-corrected chi connectivity index (χ4v) is 3.42. The van der Waals surface area contributed by atoms with Crippen molar-refractivity contribution in [3.05, 3.63) is 59.6 Å². The molecular weight excluding hydrogens is 405 g/mol. The van der Waals surface area contributed by atoms with Crippen LogP contribution < -0.4 is 10.1 Å². The highest BCUT2D eigenvalue weighted by Gasteiger charge is 2.32. The van der Waals surface area contributed by atoms with E-state index < -0.39 is 6.36 Å². The van der Waals surface area contributed by atoms with Gasteiger partial charge in [-0.05, 0) is 24.1 Å². The van der Waals surface area contributed by atoms with Gasteiger partial charge in [-0.1, -0.05) is 36.4 Å². The third kappa shape index (κ3) is 5.55. The van der Waals surface area contributed by atoms with Crippen molar-refractivity contribution < 1.29 is 27.8 Å². The lowest BCUT2D eigenvalue weighted by atomic mass is 10.0. The van der Waals surface area contributed by atoms with Gasteiger partial charge in [0.1, 0.15) is 16.5 Å². The molecule has 0 unspecified atom stereocenters. The lowest BCUT2D eigenvalue weighted by Crippen LogP contribution is -2.25. The summed E-state index contributed by atoms with van der Waals surface area (Å²) < 4.78 is 42.2. The molecule has 2 N–H and O–H groups in total. The molecule has 1 aromatic heterocycles. The van der Waals surface area contributed by atoms with Crippen molar-refractivity contribution in [3.8, 4) is 27.4 Å². The Balaban J connectivity index is 1.86. The number of nitrogens with zero attached hydrogens (tertiary/aromatic N) is 1. The number of aromatic nitrogens is 1. The maximum atomic E-state index is 12.7. The summed E-state index contributed by atoms with van der Waals surface area (Å²) in [5.41, 5.74) is 1.74. The van der Waals surface area contributed by atoms with Gasteiger partial charge in [0, 0.05) is 29.7 Å². The number of hydrogen-bond donors (Lipinski definition) is 2. The summed E-state index contributed by atoms with van der Waals surface area (Å²) in [6, 6.07) is 12.7. The van der Waals surface area contributed by atoms with E-state index in [2.05, 4.69) is 15.0 Å². The third-order valence-electron chi connectivity index (χ3n) is 3.89. The maximum Gasteiger partial charge on any atom is 0.573 e. The first-order chi connectivity index (χ1) is 13.9. The molecule has 0 radical (unpaired) electrons. The van der Waals surface area contributed by atoms with Gasteiger partial charge in [0.25, 0.3) is 5.91 Å². The van der Waals surface area contributed by atoms with E-state index in [0.29, 0.717) is 34.7 Å². The van der Waals surface area contributed by atoms with Crippen molar-refractivity contribution in [3.63, 3.8) is 0 Å². The lowest BCUT2D eigenvalue weighted by Gasteiger charge is -2.13. The Morgan fingerprint density at radius 1 is 1.14 bits per heavy atom. The molecule has 0 bridgehead atoms. The largest absolute Gasteiger partial charge is 0.573 e. The van der Waals surface area contributed by atoms with E-state index >= 15 is 0 Å². The highest BCUT2D eigenvalue weighted by molar-refractivity contribution is 7.13. The number of rotatable bonds is 7. The second-order valence-corrected chi connectivity index (χ2v) is 6.85. The topological polar surface area (TPSA) is 71.5 Å². The number of ether oxygens (including phenoxy) is 1. The van der Waals surface area contributed by atoms with Gasteiger partial charge in [0.2, 0.25) is 0 Å². The first-order valence-corrected chi connectivity index (χ1v) is 9.55. The first-order valence-electron chi connectivity index (χ1n) is 8.67. The van der Waals surface area contributed by atoms with E-state index in [1.165, 1.54) is 23.5 Å². The fraction of sp³-hybridized carbons (Fsp3) is 0.200. The Morgan fingerprint density at radius 3 is 2.66 bits per heavy atom.